The van der Waals surface area contributed by atoms with Gasteiger partial charge in [-0.1, -0.05) is 158 Å². The first-order chi connectivity index (χ1) is 12.3. The van der Waals surface area contributed by atoms with Crippen LogP contribution >= 0.6 is 22.6 Å². The molecule has 1 heteroatoms. The van der Waals surface area contributed by atoms with E-state index in [0.29, 0.717) is 0 Å². The summed E-state index contributed by atoms with van der Waals surface area (Å²) >= 11 is 2.49. The summed E-state index contributed by atoms with van der Waals surface area (Å²) in [7, 11) is 0. The summed E-state index contributed by atoms with van der Waals surface area (Å²) in [6.45, 7) is 4.69. The first-order valence-corrected chi connectivity index (χ1v) is 13.4. The van der Waals surface area contributed by atoms with Crippen molar-refractivity contribution in [3.05, 3.63) is 0 Å². The van der Waals surface area contributed by atoms with Crippen LogP contribution in [0.25, 0.3) is 0 Å². The molecule has 0 atom stereocenters. The lowest BCUT2D eigenvalue weighted by molar-refractivity contribution is 0.501. The van der Waals surface area contributed by atoms with Crippen molar-refractivity contribution < 1.29 is 0 Å². The summed E-state index contributed by atoms with van der Waals surface area (Å²) < 4.78 is 1.34. The Balaban J connectivity index is 2.96. The Morgan fingerprint density at radius 2 is 0.640 bits per heavy atom. The average molecular weight is 465 g/mol. The Morgan fingerprint density at radius 1 is 0.400 bits per heavy atom. The summed E-state index contributed by atoms with van der Waals surface area (Å²) in [6, 6.07) is 0. The number of rotatable bonds is 21. The van der Waals surface area contributed by atoms with E-state index < -0.39 is 0 Å². The van der Waals surface area contributed by atoms with Crippen molar-refractivity contribution in [1.29, 1.82) is 0 Å². The summed E-state index contributed by atoms with van der Waals surface area (Å²) in [5, 5.41) is 0. The average Bonchev–Trinajstić information content (AvgIpc) is 2.60. The Labute approximate surface area is 174 Å². The van der Waals surface area contributed by atoms with Crippen LogP contribution in [0.2, 0.25) is 0 Å². The van der Waals surface area contributed by atoms with Crippen LogP contribution in [0.4, 0.5) is 0 Å². The maximum absolute atomic E-state index is 2.49. The molecular formula is C24H49I. The Kier molecular flexibility index (Phi) is 23.4. The van der Waals surface area contributed by atoms with Crippen LogP contribution in [-0.2, 0) is 0 Å². The van der Waals surface area contributed by atoms with Crippen LogP contribution in [-0.4, -0.2) is 4.43 Å². The van der Waals surface area contributed by atoms with Gasteiger partial charge >= 0.3 is 0 Å². The lowest BCUT2D eigenvalue weighted by Gasteiger charge is -2.05. The minimum Gasteiger partial charge on any atom is -0.0864 e. The van der Waals surface area contributed by atoms with Gasteiger partial charge in [0, 0.05) is 0 Å². The molecule has 0 heterocycles. The zero-order valence-corrected chi connectivity index (χ0v) is 20.0. The first kappa shape index (κ1) is 25.7. The van der Waals surface area contributed by atoms with Gasteiger partial charge in [0.05, 0.1) is 0 Å². The highest BCUT2D eigenvalue weighted by atomic mass is 127. The van der Waals surface area contributed by atoms with E-state index >= 15 is 0 Å². The van der Waals surface area contributed by atoms with E-state index in [9.17, 15) is 0 Å². The molecule has 0 N–H and O–H groups in total. The van der Waals surface area contributed by atoms with E-state index in [4.69, 9.17) is 0 Å². The highest BCUT2D eigenvalue weighted by Crippen LogP contribution is 2.15. The minimum atomic E-state index is 0.898. The molecule has 152 valence electrons. The monoisotopic (exact) mass is 464 g/mol. The SMILES string of the molecule is CC(C)CCCCCCCCCCCCCCCCCCCCCI. The maximum Gasteiger partial charge on any atom is -0.000473 e. The number of unbranched alkanes of at least 4 members (excludes halogenated alkanes) is 18. The van der Waals surface area contributed by atoms with Gasteiger partial charge in [-0.2, -0.15) is 0 Å². The molecular weight excluding hydrogens is 415 g/mol. The fourth-order valence-electron chi connectivity index (χ4n) is 3.65. The fourth-order valence-corrected chi connectivity index (χ4v) is 4.19. The van der Waals surface area contributed by atoms with Gasteiger partial charge < -0.3 is 0 Å². The molecule has 0 saturated heterocycles. The van der Waals surface area contributed by atoms with Gasteiger partial charge in [-0.25, -0.2) is 0 Å². The smallest absolute Gasteiger partial charge is 0.000473 e. The van der Waals surface area contributed by atoms with Crippen molar-refractivity contribution in [2.24, 2.45) is 5.92 Å². The largest absolute Gasteiger partial charge is 0.0864 e. The number of alkyl halides is 1. The fraction of sp³-hybridized carbons (Fsp3) is 1.00. The summed E-state index contributed by atoms with van der Waals surface area (Å²) in [5.74, 6) is 0.898. The van der Waals surface area contributed by atoms with Gasteiger partial charge in [0.1, 0.15) is 0 Å². The zero-order chi connectivity index (χ0) is 18.4. The molecule has 25 heavy (non-hydrogen) atoms. The normalized spacial score (nSPS) is 11.5. The van der Waals surface area contributed by atoms with Crippen molar-refractivity contribution >= 4 is 22.6 Å². The highest BCUT2D eigenvalue weighted by Gasteiger charge is 1.96. The number of halogens is 1. The second kappa shape index (κ2) is 22.8. The minimum absolute atomic E-state index is 0.898. The van der Waals surface area contributed by atoms with Crippen LogP contribution in [0.3, 0.4) is 0 Å². The standard InChI is InChI=1S/C24H49I/c1-24(2)22-20-18-16-14-12-10-8-6-4-3-5-7-9-11-13-15-17-19-21-23-25/h24H,3-23H2,1-2H3. The van der Waals surface area contributed by atoms with Crippen LogP contribution in [0.5, 0.6) is 0 Å². The van der Waals surface area contributed by atoms with Crippen LogP contribution in [0, 0.1) is 5.92 Å². The topological polar surface area (TPSA) is 0 Å². The van der Waals surface area contributed by atoms with Crippen LogP contribution in [0.15, 0.2) is 0 Å². The molecule has 0 bridgehead atoms. The molecule has 0 aromatic carbocycles. The molecule has 0 saturated carbocycles. The van der Waals surface area contributed by atoms with Gasteiger partial charge in [-0.15, -0.1) is 0 Å². The van der Waals surface area contributed by atoms with Crippen molar-refractivity contribution in [3.63, 3.8) is 0 Å². The van der Waals surface area contributed by atoms with Crippen molar-refractivity contribution in [3.8, 4) is 0 Å². The van der Waals surface area contributed by atoms with Gasteiger partial charge in [-0.3, -0.25) is 0 Å². The third kappa shape index (κ3) is 24.7. The summed E-state index contributed by atoms with van der Waals surface area (Å²) in [6.07, 6.45) is 29.5. The van der Waals surface area contributed by atoms with Gasteiger partial charge in [0.2, 0.25) is 0 Å². The molecule has 0 rings (SSSR count). The van der Waals surface area contributed by atoms with Gasteiger partial charge in [0.25, 0.3) is 0 Å². The number of hydrogen-bond acceptors (Lipinski definition) is 0. The predicted molar refractivity (Wildman–Crippen MR) is 126 cm³/mol. The Bertz CT molecular complexity index is 224. The van der Waals surface area contributed by atoms with E-state index in [0.717, 1.165) is 5.92 Å². The van der Waals surface area contributed by atoms with Gasteiger partial charge in [0.15, 0.2) is 0 Å². The molecule has 0 aliphatic rings. The van der Waals surface area contributed by atoms with E-state index in [1.165, 1.54) is 133 Å². The third-order valence-electron chi connectivity index (χ3n) is 5.42. The highest BCUT2D eigenvalue weighted by molar-refractivity contribution is 14.1. The molecule has 0 nitrogen and oxygen atoms in total. The Morgan fingerprint density at radius 3 is 0.880 bits per heavy atom. The van der Waals surface area contributed by atoms with E-state index in [1.54, 1.807) is 0 Å². The molecule has 0 aromatic rings. The molecule has 0 aliphatic carbocycles. The molecule has 0 spiro atoms. The second-order valence-electron chi connectivity index (χ2n) is 8.59. The lowest BCUT2D eigenvalue weighted by Crippen LogP contribution is -1.87. The quantitative estimate of drug-likeness (QED) is 0.0901. The predicted octanol–water partition coefficient (Wildman–Crippen LogP) is 9.88. The molecule has 0 aliphatic heterocycles. The molecule has 0 unspecified atom stereocenters. The maximum atomic E-state index is 2.49. The van der Waals surface area contributed by atoms with Crippen molar-refractivity contribution in [2.75, 3.05) is 4.43 Å². The van der Waals surface area contributed by atoms with Crippen LogP contribution < -0.4 is 0 Å². The van der Waals surface area contributed by atoms with E-state index in [2.05, 4.69) is 36.4 Å². The van der Waals surface area contributed by atoms with E-state index in [-0.39, 0.29) is 0 Å². The summed E-state index contributed by atoms with van der Waals surface area (Å²) in [4.78, 5) is 0. The second-order valence-corrected chi connectivity index (χ2v) is 9.67. The van der Waals surface area contributed by atoms with E-state index in [1.807, 2.05) is 0 Å². The number of hydrogen-bond donors (Lipinski definition) is 0. The first-order valence-electron chi connectivity index (χ1n) is 11.8. The molecule has 0 fully saturated rings. The lowest BCUT2D eigenvalue weighted by atomic mass is 10.0. The van der Waals surface area contributed by atoms with Gasteiger partial charge in [-0.05, 0) is 16.8 Å². The van der Waals surface area contributed by atoms with Crippen molar-refractivity contribution in [2.45, 2.75) is 142 Å². The molecule has 0 radical (unpaired) electrons. The Hall–Kier alpha value is 0.730. The molecule has 0 amide bonds. The zero-order valence-electron chi connectivity index (χ0n) is 17.8. The molecule has 0 aromatic heterocycles. The third-order valence-corrected chi connectivity index (χ3v) is 6.18. The van der Waals surface area contributed by atoms with Crippen molar-refractivity contribution in [1.82, 2.24) is 0 Å². The summed E-state index contributed by atoms with van der Waals surface area (Å²) in [5.41, 5.74) is 0. The van der Waals surface area contributed by atoms with Crippen LogP contribution in [0.1, 0.15) is 142 Å².